The topological polar surface area (TPSA) is 47.6 Å². The second-order valence-corrected chi connectivity index (χ2v) is 7.69. The van der Waals surface area contributed by atoms with Gasteiger partial charge in [-0.15, -0.1) is 11.3 Å². The van der Waals surface area contributed by atoms with Crippen LogP contribution in [0.4, 0.5) is 10.1 Å². The van der Waals surface area contributed by atoms with Crippen LogP contribution in [0.3, 0.4) is 0 Å². The molecule has 150 valence electrons. The van der Waals surface area contributed by atoms with Crippen molar-refractivity contribution in [3.63, 3.8) is 0 Å². The lowest BCUT2D eigenvalue weighted by molar-refractivity contribution is -0.116. The number of anilines is 1. The van der Waals surface area contributed by atoms with Gasteiger partial charge in [-0.2, -0.15) is 0 Å². The van der Waals surface area contributed by atoms with Gasteiger partial charge < -0.3 is 14.8 Å². The molecule has 4 nitrogen and oxygen atoms in total. The maximum absolute atomic E-state index is 13.7. The number of carbonyl (C=O) groups excluding carboxylic acids is 1. The minimum absolute atomic E-state index is 0.0506. The third-order valence-corrected chi connectivity index (χ3v) is 5.99. The van der Waals surface area contributed by atoms with Crippen molar-refractivity contribution in [3.05, 3.63) is 64.1 Å². The number of amides is 1. The predicted molar refractivity (Wildman–Crippen MR) is 114 cm³/mol. The Morgan fingerprint density at radius 3 is 2.66 bits per heavy atom. The highest BCUT2D eigenvalue weighted by atomic mass is 32.1. The Hall–Kier alpha value is -2.86. The molecule has 1 aliphatic heterocycles. The molecule has 2 aromatic carbocycles. The minimum atomic E-state index is -0.297. The van der Waals surface area contributed by atoms with E-state index < -0.39 is 0 Å². The average Bonchev–Trinajstić information content (AvgIpc) is 3.13. The van der Waals surface area contributed by atoms with Crippen LogP contribution in [0.5, 0.6) is 11.5 Å². The van der Waals surface area contributed by atoms with Crippen LogP contribution in [0.25, 0.3) is 11.1 Å². The van der Waals surface area contributed by atoms with Gasteiger partial charge in [0.2, 0.25) is 5.91 Å². The monoisotopic (exact) mass is 411 g/mol. The standard InChI is InChI=1S/C23H22FNO3S/c1-3-27-19-9-8-15(11-20(19)28-4-2)17-12-21(26)25-22-18(13-29-23(17)22)14-6-5-7-16(24)10-14/h5-11,13,17H,3-4,12H2,1-2H3,(H,25,26). The van der Waals surface area contributed by atoms with Crippen LogP contribution in [0, 0.1) is 5.82 Å². The first-order valence-electron chi connectivity index (χ1n) is 9.67. The quantitative estimate of drug-likeness (QED) is 0.555. The zero-order chi connectivity index (χ0) is 20.4. The fraction of sp³-hybridized carbons (Fsp3) is 0.261. The van der Waals surface area contributed by atoms with E-state index >= 15 is 0 Å². The second-order valence-electron chi connectivity index (χ2n) is 6.78. The number of rotatable bonds is 6. The zero-order valence-corrected chi connectivity index (χ0v) is 17.1. The van der Waals surface area contributed by atoms with Gasteiger partial charge in [0.1, 0.15) is 5.82 Å². The maximum Gasteiger partial charge on any atom is 0.225 e. The van der Waals surface area contributed by atoms with E-state index in [2.05, 4.69) is 5.32 Å². The summed E-state index contributed by atoms with van der Waals surface area (Å²) in [6.07, 6.45) is 0.357. The molecule has 1 unspecified atom stereocenters. The molecular weight excluding hydrogens is 389 g/mol. The van der Waals surface area contributed by atoms with Crippen LogP contribution in [-0.2, 0) is 4.79 Å². The highest BCUT2D eigenvalue weighted by Gasteiger charge is 2.31. The molecule has 1 atom stereocenters. The minimum Gasteiger partial charge on any atom is -0.490 e. The molecule has 1 aromatic heterocycles. The Kier molecular flexibility index (Phi) is 5.53. The molecule has 0 aliphatic carbocycles. The van der Waals surface area contributed by atoms with E-state index in [0.29, 0.717) is 31.1 Å². The second kappa shape index (κ2) is 8.25. The molecule has 0 saturated heterocycles. The summed E-state index contributed by atoms with van der Waals surface area (Å²) < 4.78 is 25.1. The molecule has 0 fully saturated rings. The van der Waals surface area contributed by atoms with E-state index in [-0.39, 0.29) is 17.6 Å². The summed E-state index contributed by atoms with van der Waals surface area (Å²) in [6.45, 7) is 4.94. The summed E-state index contributed by atoms with van der Waals surface area (Å²) >= 11 is 1.58. The van der Waals surface area contributed by atoms with E-state index in [1.165, 1.54) is 12.1 Å². The molecule has 1 N–H and O–H groups in total. The van der Waals surface area contributed by atoms with Gasteiger partial charge in [-0.3, -0.25) is 4.79 Å². The largest absolute Gasteiger partial charge is 0.490 e. The number of hydrogen-bond donors (Lipinski definition) is 1. The molecule has 4 rings (SSSR count). The normalized spacial score (nSPS) is 15.6. The number of halogens is 1. The lowest BCUT2D eigenvalue weighted by atomic mass is 9.89. The highest BCUT2D eigenvalue weighted by Crippen LogP contribution is 2.47. The van der Waals surface area contributed by atoms with Gasteiger partial charge in [-0.05, 0) is 49.2 Å². The van der Waals surface area contributed by atoms with Gasteiger partial charge in [-0.25, -0.2) is 4.39 Å². The van der Waals surface area contributed by atoms with Gasteiger partial charge in [0, 0.05) is 28.2 Å². The molecule has 2 heterocycles. The van der Waals surface area contributed by atoms with Crippen molar-refractivity contribution in [2.24, 2.45) is 0 Å². The number of ether oxygens (including phenoxy) is 2. The van der Waals surface area contributed by atoms with Crippen molar-refractivity contribution in [2.75, 3.05) is 18.5 Å². The Morgan fingerprint density at radius 1 is 1.10 bits per heavy atom. The van der Waals surface area contributed by atoms with E-state index in [1.807, 2.05) is 43.5 Å². The fourth-order valence-corrected chi connectivity index (χ4v) is 4.81. The van der Waals surface area contributed by atoms with Crippen LogP contribution < -0.4 is 14.8 Å². The molecule has 6 heteroatoms. The van der Waals surface area contributed by atoms with Crippen molar-refractivity contribution in [1.29, 1.82) is 0 Å². The Balaban J connectivity index is 1.76. The van der Waals surface area contributed by atoms with Gasteiger partial charge in [0.15, 0.2) is 11.5 Å². The van der Waals surface area contributed by atoms with Gasteiger partial charge in [-0.1, -0.05) is 18.2 Å². The van der Waals surface area contributed by atoms with Crippen molar-refractivity contribution < 1.29 is 18.7 Å². The van der Waals surface area contributed by atoms with Gasteiger partial charge in [0.25, 0.3) is 0 Å². The van der Waals surface area contributed by atoms with Crippen LogP contribution in [-0.4, -0.2) is 19.1 Å². The van der Waals surface area contributed by atoms with E-state index in [1.54, 1.807) is 17.4 Å². The summed E-state index contributed by atoms with van der Waals surface area (Å²) in [4.78, 5) is 13.6. The van der Waals surface area contributed by atoms with E-state index in [4.69, 9.17) is 9.47 Å². The van der Waals surface area contributed by atoms with Crippen molar-refractivity contribution in [2.45, 2.75) is 26.2 Å². The van der Waals surface area contributed by atoms with Gasteiger partial charge >= 0.3 is 0 Å². The number of hydrogen-bond acceptors (Lipinski definition) is 4. The SMILES string of the molecule is CCOc1ccc(C2CC(=O)Nc3c(-c4cccc(F)c4)csc32)cc1OCC. The average molecular weight is 411 g/mol. The van der Waals surface area contributed by atoms with Crippen LogP contribution >= 0.6 is 11.3 Å². The van der Waals surface area contributed by atoms with Crippen LogP contribution in [0.15, 0.2) is 47.8 Å². The summed E-state index contributed by atoms with van der Waals surface area (Å²) in [5, 5.41) is 4.97. The van der Waals surface area contributed by atoms with Crippen molar-refractivity contribution >= 4 is 22.9 Å². The molecule has 0 saturated carbocycles. The molecule has 1 amide bonds. The number of fused-ring (bicyclic) bond motifs is 1. The first-order valence-corrected chi connectivity index (χ1v) is 10.5. The summed E-state index contributed by atoms with van der Waals surface area (Å²) in [6, 6.07) is 12.3. The predicted octanol–water partition coefficient (Wildman–Crippen LogP) is 5.83. The first kappa shape index (κ1) is 19.5. The number of thiophene rings is 1. The fourth-order valence-electron chi connectivity index (χ4n) is 3.65. The number of benzene rings is 2. The third kappa shape index (κ3) is 3.85. The van der Waals surface area contributed by atoms with Crippen LogP contribution in [0.1, 0.15) is 36.6 Å². The smallest absolute Gasteiger partial charge is 0.225 e. The summed E-state index contributed by atoms with van der Waals surface area (Å²) in [7, 11) is 0. The molecular formula is C23H22FNO3S. The molecule has 0 bridgehead atoms. The van der Waals surface area contributed by atoms with E-state index in [0.717, 1.165) is 27.3 Å². The summed E-state index contributed by atoms with van der Waals surface area (Å²) in [5.74, 6) is 0.951. The molecule has 1 aliphatic rings. The highest BCUT2D eigenvalue weighted by molar-refractivity contribution is 7.11. The Bertz CT molecular complexity index is 1050. The Labute approximate surface area is 173 Å². The molecule has 29 heavy (non-hydrogen) atoms. The molecule has 0 radical (unpaired) electrons. The number of nitrogens with one attached hydrogen (secondary N) is 1. The molecule has 3 aromatic rings. The third-order valence-electron chi connectivity index (χ3n) is 4.90. The van der Waals surface area contributed by atoms with Gasteiger partial charge in [0.05, 0.1) is 18.9 Å². The zero-order valence-electron chi connectivity index (χ0n) is 16.3. The maximum atomic E-state index is 13.7. The van der Waals surface area contributed by atoms with E-state index in [9.17, 15) is 9.18 Å². The van der Waals surface area contributed by atoms with Crippen LogP contribution in [0.2, 0.25) is 0 Å². The lowest BCUT2D eigenvalue weighted by Crippen LogP contribution is -2.22. The summed E-state index contributed by atoms with van der Waals surface area (Å²) in [5.41, 5.74) is 3.37. The number of carbonyl (C=O) groups is 1. The van der Waals surface area contributed by atoms with Crippen molar-refractivity contribution in [3.8, 4) is 22.6 Å². The van der Waals surface area contributed by atoms with Crippen molar-refractivity contribution in [1.82, 2.24) is 0 Å². The molecule has 0 spiro atoms. The lowest BCUT2D eigenvalue weighted by Gasteiger charge is -2.24. The first-order chi connectivity index (χ1) is 14.1. The Morgan fingerprint density at radius 2 is 1.90 bits per heavy atom.